The molecule has 0 spiro atoms. The summed E-state index contributed by atoms with van der Waals surface area (Å²) in [7, 11) is 0. The minimum Gasteiger partial charge on any atom is -0.390 e. The summed E-state index contributed by atoms with van der Waals surface area (Å²) >= 11 is 0. The molecule has 98 valence electrons. The molecule has 0 aliphatic heterocycles. The monoisotopic (exact) mass is 265 g/mol. The highest BCUT2D eigenvalue weighted by Crippen LogP contribution is 2.58. The van der Waals surface area contributed by atoms with Crippen molar-refractivity contribution in [2.24, 2.45) is 5.73 Å². The van der Waals surface area contributed by atoms with Gasteiger partial charge in [-0.25, -0.2) is 0 Å². The molecule has 0 aromatic heterocycles. The molecule has 1 aromatic carbocycles. The molecule has 2 atom stereocenters. The number of benzene rings is 1. The first kappa shape index (κ1) is 12.5. The minimum atomic E-state index is -0.500. The van der Waals surface area contributed by atoms with Crippen molar-refractivity contribution in [3.8, 4) is 0 Å². The molecule has 0 heterocycles. The Bertz CT molecular complexity index is 432. The van der Waals surface area contributed by atoms with E-state index in [4.69, 9.17) is 5.73 Å². The molecule has 4 aliphatic carbocycles. The van der Waals surface area contributed by atoms with Crippen molar-refractivity contribution in [1.82, 2.24) is 0 Å². The summed E-state index contributed by atoms with van der Waals surface area (Å²) < 4.78 is 0. The van der Waals surface area contributed by atoms with Crippen molar-refractivity contribution in [2.75, 3.05) is 0 Å². The maximum Gasteiger partial charge on any atom is 0.0677 e. The second kappa shape index (κ2) is 3.72. The van der Waals surface area contributed by atoms with Gasteiger partial charge in [0.15, 0.2) is 0 Å². The summed E-state index contributed by atoms with van der Waals surface area (Å²) in [6.45, 7) is 0. The lowest BCUT2D eigenvalue weighted by molar-refractivity contribution is -0.0659. The lowest BCUT2D eigenvalue weighted by Gasteiger charge is -2.50. The fraction of sp³-hybridized carbons (Fsp3) is 0.600. The van der Waals surface area contributed by atoms with Gasteiger partial charge in [-0.1, -0.05) is 24.3 Å². The first-order chi connectivity index (χ1) is 8.07. The van der Waals surface area contributed by atoms with Crippen LogP contribution in [0.4, 0.5) is 0 Å². The van der Waals surface area contributed by atoms with Crippen LogP contribution in [-0.4, -0.2) is 16.2 Å². The van der Waals surface area contributed by atoms with Gasteiger partial charge in [-0.15, -0.1) is 12.4 Å². The topological polar surface area (TPSA) is 46.2 Å². The molecule has 4 aliphatic rings. The van der Waals surface area contributed by atoms with E-state index in [2.05, 4.69) is 24.3 Å². The van der Waals surface area contributed by atoms with E-state index < -0.39 is 5.60 Å². The van der Waals surface area contributed by atoms with Crippen molar-refractivity contribution in [3.63, 3.8) is 0 Å². The summed E-state index contributed by atoms with van der Waals surface area (Å²) in [5.41, 5.74) is 8.82. The molecule has 0 saturated heterocycles. The van der Waals surface area contributed by atoms with E-state index >= 15 is 0 Å². The van der Waals surface area contributed by atoms with E-state index in [-0.39, 0.29) is 17.9 Å². The van der Waals surface area contributed by atoms with Crippen molar-refractivity contribution < 1.29 is 5.11 Å². The van der Waals surface area contributed by atoms with Gasteiger partial charge >= 0.3 is 0 Å². The Morgan fingerprint density at radius 1 is 1.00 bits per heavy atom. The lowest BCUT2D eigenvalue weighted by atomic mass is 9.60. The van der Waals surface area contributed by atoms with Gasteiger partial charge in [0.05, 0.1) is 5.60 Å². The van der Waals surface area contributed by atoms with Gasteiger partial charge in [0.25, 0.3) is 0 Å². The molecule has 3 heteroatoms. The molecular weight excluding hydrogens is 246 g/mol. The number of nitrogens with two attached hydrogens (primary N) is 1. The highest BCUT2D eigenvalue weighted by Gasteiger charge is 2.54. The molecule has 2 nitrogen and oxygen atoms in total. The molecule has 2 saturated carbocycles. The van der Waals surface area contributed by atoms with Crippen LogP contribution >= 0.6 is 12.4 Å². The van der Waals surface area contributed by atoms with Crippen LogP contribution in [0.5, 0.6) is 0 Å². The van der Waals surface area contributed by atoms with E-state index in [1.165, 1.54) is 11.1 Å². The molecule has 2 unspecified atom stereocenters. The smallest absolute Gasteiger partial charge is 0.0677 e. The standard InChI is InChI=1S/C15H19NO.ClH/c16-14-5-10-7-15(17,9-14)8-11(6-14)13-4-2-1-3-12(10)13;/h1-4,10-11,17H,5-9,16H2;1H. The van der Waals surface area contributed by atoms with Crippen molar-refractivity contribution >= 4 is 12.4 Å². The number of aliphatic hydroxyl groups is 1. The van der Waals surface area contributed by atoms with Crippen molar-refractivity contribution in [2.45, 2.75) is 55.1 Å². The van der Waals surface area contributed by atoms with Crippen LogP contribution in [0.3, 0.4) is 0 Å². The molecule has 1 aromatic rings. The highest BCUT2D eigenvalue weighted by atomic mass is 35.5. The van der Waals surface area contributed by atoms with Crippen LogP contribution in [-0.2, 0) is 0 Å². The lowest BCUT2D eigenvalue weighted by Crippen LogP contribution is -2.56. The average Bonchev–Trinajstić information content (AvgIpc) is 2.38. The predicted molar refractivity (Wildman–Crippen MR) is 74.1 cm³/mol. The fourth-order valence-corrected chi connectivity index (χ4v) is 4.85. The number of hydrogen-bond acceptors (Lipinski definition) is 2. The molecule has 18 heavy (non-hydrogen) atoms. The van der Waals surface area contributed by atoms with Crippen LogP contribution in [0.15, 0.2) is 24.3 Å². The van der Waals surface area contributed by atoms with Crippen LogP contribution in [0.25, 0.3) is 0 Å². The Labute approximate surface area is 114 Å². The van der Waals surface area contributed by atoms with Crippen LogP contribution in [0, 0.1) is 0 Å². The summed E-state index contributed by atoms with van der Waals surface area (Å²) in [4.78, 5) is 0. The first-order valence-corrected chi connectivity index (χ1v) is 6.67. The van der Waals surface area contributed by atoms with E-state index in [9.17, 15) is 5.11 Å². The minimum absolute atomic E-state index is 0. The maximum atomic E-state index is 10.7. The third-order valence-electron chi connectivity index (χ3n) is 5.12. The third-order valence-corrected chi connectivity index (χ3v) is 5.12. The summed E-state index contributed by atoms with van der Waals surface area (Å²) in [5.74, 6) is 0.949. The zero-order valence-electron chi connectivity index (χ0n) is 10.4. The van der Waals surface area contributed by atoms with E-state index in [0.717, 1.165) is 32.1 Å². The van der Waals surface area contributed by atoms with Gasteiger partial charge in [0.2, 0.25) is 0 Å². The number of hydrogen-bond donors (Lipinski definition) is 2. The molecule has 4 bridgehead atoms. The normalized spacial score (nSPS) is 44.1. The molecule has 2 fully saturated rings. The van der Waals surface area contributed by atoms with E-state index in [1.807, 2.05) is 0 Å². The predicted octanol–water partition coefficient (Wildman–Crippen LogP) is 2.70. The Balaban J connectivity index is 0.000001000. The number of halogens is 1. The highest BCUT2D eigenvalue weighted by molar-refractivity contribution is 5.85. The van der Waals surface area contributed by atoms with Gasteiger partial charge in [-0.3, -0.25) is 0 Å². The Morgan fingerprint density at radius 2 is 1.50 bits per heavy atom. The molecule has 3 N–H and O–H groups in total. The molecule has 0 amide bonds. The average molecular weight is 266 g/mol. The van der Waals surface area contributed by atoms with Crippen molar-refractivity contribution in [1.29, 1.82) is 0 Å². The summed E-state index contributed by atoms with van der Waals surface area (Å²) in [6.07, 6.45) is 4.76. The zero-order chi connectivity index (χ0) is 11.7. The molecule has 0 radical (unpaired) electrons. The fourth-order valence-electron chi connectivity index (χ4n) is 4.85. The Kier molecular flexibility index (Phi) is 2.58. The summed E-state index contributed by atoms with van der Waals surface area (Å²) in [5, 5.41) is 10.7. The second-order valence-electron chi connectivity index (χ2n) is 6.60. The van der Waals surface area contributed by atoms with E-state index in [1.54, 1.807) is 0 Å². The second-order valence-corrected chi connectivity index (χ2v) is 6.60. The van der Waals surface area contributed by atoms with Gasteiger partial charge < -0.3 is 10.8 Å². The maximum absolute atomic E-state index is 10.7. The number of rotatable bonds is 0. The van der Waals surface area contributed by atoms with Gasteiger partial charge in [0, 0.05) is 5.54 Å². The third kappa shape index (κ3) is 1.63. The zero-order valence-corrected chi connectivity index (χ0v) is 11.2. The van der Waals surface area contributed by atoms with E-state index in [0.29, 0.717) is 11.8 Å². The van der Waals surface area contributed by atoms with Crippen LogP contribution in [0.2, 0.25) is 0 Å². The van der Waals surface area contributed by atoms with Crippen LogP contribution < -0.4 is 5.73 Å². The van der Waals surface area contributed by atoms with Gasteiger partial charge in [-0.2, -0.15) is 0 Å². The Hall–Kier alpha value is -0.570. The summed E-state index contributed by atoms with van der Waals surface area (Å²) in [6, 6.07) is 8.74. The SMILES string of the molecule is Cl.NC12CC3CC(O)(CC(C1)c1ccccc13)C2. The van der Waals surface area contributed by atoms with Gasteiger partial charge in [0.1, 0.15) is 0 Å². The quantitative estimate of drug-likeness (QED) is 0.758. The van der Waals surface area contributed by atoms with Crippen molar-refractivity contribution in [3.05, 3.63) is 35.4 Å². The van der Waals surface area contributed by atoms with Crippen LogP contribution in [0.1, 0.15) is 55.1 Å². The molecule has 5 rings (SSSR count). The largest absolute Gasteiger partial charge is 0.390 e. The first-order valence-electron chi connectivity index (χ1n) is 6.67. The van der Waals surface area contributed by atoms with Gasteiger partial charge in [-0.05, 0) is 55.1 Å². The molecular formula is C15H20ClNO. The Morgan fingerprint density at radius 3 is 1.94 bits per heavy atom.